The molecule has 0 aliphatic rings. The lowest BCUT2D eigenvalue weighted by atomic mass is 10.3. The van der Waals surface area contributed by atoms with Gasteiger partial charge in [0.2, 0.25) is 5.91 Å². The van der Waals surface area contributed by atoms with Crippen molar-refractivity contribution in [1.82, 2.24) is 10.4 Å². The molecule has 6 nitrogen and oxygen atoms in total. The highest BCUT2D eigenvalue weighted by molar-refractivity contribution is 5.97. The van der Waals surface area contributed by atoms with Gasteiger partial charge in [0.1, 0.15) is 5.78 Å². The Kier molecular flexibility index (Phi) is 6.08. The van der Waals surface area contributed by atoms with Crippen LogP contribution in [0.2, 0.25) is 0 Å². The van der Waals surface area contributed by atoms with Crippen LogP contribution >= 0.6 is 0 Å². The van der Waals surface area contributed by atoms with Gasteiger partial charge in [-0.05, 0) is 20.8 Å². The smallest absolute Gasteiger partial charge is 0.447 e. The fourth-order valence-corrected chi connectivity index (χ4v) is 0.858. The van der Waals surface area contributed by atoms with Crippen LogP contribution in [0.1, 0.15) is 27.2 Å². The number of amides is 2. The Morgan fingerprint density at radius 2 is 1.87 bits per heavy atom. The number of carbonyl (C=O) groups is 3. The molecule has 0 aliphatic heterocycles. The van der Waals surface area contributed by atoms with E-state index in [1.807, 2.05) is 0 Å². The first kappa shape index (κ1) is 13.4. The summed E-state index contributed by atoms with van der Waals surface area (Å²) in [5.74, 6) is -0.768. The Balaban J connectivity index is 4.17. The van der Waals surface area contributed by atoms with E-state index in [-0.39, 0.29) is 25.4 Å². The van der Waals surface area contributed by atoms with Crippen molar-refractivity contribution in [1.29, 1.82) is 0 Å². The van der Waals surface area contributed by atoms with Gasteiger partial charge in [-0.2, -0.15) is 0 Å². The van der Waals surface area contributed by atoms with E-state index >= 15 is 0 Å². The third-order valence-corrected chi connectivity index (χ3v) is 1.46. The van der Waals surface area contributed by atoms with Gasteiger partial charge in [-0.15, -0.1) is 0 Å². The van der Waals surface area contributed by atoms with E-state index in [2.05, 4.69) is 10.2 Å². The number of rotatable bonds is 4. The summed E-state index contributed by atoms with van der Waals surface area (Å²) in [6.45, 7) is 5.02. The Morgan fingerprint density at radius 3 is 2.27 bits per heavy atom. The van der Waals surface area contributed by atoms with Crippen molar-refractivity contribution in [3.05, 3.63) is 0 Å². The maximum atomic E-state index is 11.3. The Labute approximate surface area is 88.5 Å². The molecule has 15 heavy (non-hydrogen) atoms. The van der Waals surface area contributed by atoms with Crippen LogP contribution in [0.15, 0.2) is 0 Å². The standard InChI is InChI=1S/C9H15N2O4/c1-4-11(8(13)6-7(3)12)10-9(14)15-5-2/h4-6H2,1-3H3. The van der Waals surface area contributed by atoms with E-state index in [1.54, 1.807) is 13.8 Å². The molecule has 0 unspecified atom stereocenters. The van der Waals surface area contributed by atoms with Gasteiger partial charge in [0.05, 0.1) is 13.0 Å². The molecule has 0 rings (SSSR count). The minimum Gasteiger partial charge on any atom is -0.447 e. The van der Waals surface area contributed by atoms with Crippen molar-refractivity contribution in [2.45, 2.75) is 27.2 Å². The monoisotopic (exact) mass is 215 g/mol. The Bertz CT molecular complexity index is 252. The first-order valence-electron chi connectivity index (χ1n) is 4.69. The van der Waals surface area contributed by atoms with Crippen molar-refractivity contribution >= 4 is 17.8 Å². The summed E-state index contributed by atoms with van der Waals surface area (Å²) in [6, 6.07) is 0. The van der Waals surface area contributed by atoms with Gasteiger partial charge in [-0.1, -0.05) is 5.43 Å². The Hall–Kier alpha value is -1.59. The number of Topliss-reactive ketones (excluding diaryl/α,β-unsaturated/α-hetero) is 1. The summed E-state index contributed by atoms with van der Waals surface area (Å²) in [5, 5.41) is 0.930. The number of hydrogen-bond donors (Lipinski definition) is 0. The number of ether oxygens (including phenoxy) is 1. The normalized spacial score (nSPS) is 9.27. The first-order valence-corrected chi connectivity index (χ1v) is 4.69. The van der Waals surface area contributed by atoms with E-state index in [4.69, 9.17) is 0 Å². The predicted molar refractivity (Wildman–Crippen MR) is 51.8 cm³/mol. The summed E-state index contributed by atoms with van der Waals surface area (Å²) in [4.78, 5) is 32.9. The van der Waals surface area contributed by atoms with E-state index in [0.717, 1.165) is 5.01 Å². The third-order valence-electron chi connectivity index (χ3n) is 1.46. The summed E-state index contributed by atoms with van der Waals surface area (Å²) in [7, 11) is 0. The second-order valence-electron chi connectivity index (χ2n) is 2.79. The van der Waals surface area contributed by atoms with Crippen molar-refractivity contribution in [3.8, 4) is 0 Å². The van der Waals surface area contributed by atoms with Crippen LogP contribution in [0.3, 0.4) is 0 Å². The van der Waals surface area contributed by atoms with Gasteiger partial charge < -0.3 is 4.74 Å². The maximum Gasteiger partial charge on any atom is 0.450 e. The molecule has 0 heterocycles. The van der Waals surface area contributed by atoms with Crippen LogP contribution in [-0.4, -0.2) is 35.9 Å². The van der Waals surface area contributed by atoms with Gasteiger partial charge in [-0.25, -0.2) is 9.80 Å². The molecule has 0 atom stereocenters. The number of ketones is 1. The molecule has 0 aromatic carbocycles. The number of hydrogen-bond acceptors (Lipinski definition) is 4. The SMILES string of the molecule is CCOC(=O)[N]N(CC)C(=O)CC(C)=O. The summed E-state index contributed by atoms with van der Waals surface area (Å²) in [5.41, 5.74) is 3.41. The van der Waals surface area contributed by atoms with Gasteiger partial charge in [-0.3, -0.25) is 9.59 Å². The molecule has 1 radical (unpaired) electrons. The van der Waals surface area contributed by atoms with Crippen molar-refractivity contribution in [2.24, 2.45) is 0 Å². The van der Waals surface area contributed by atoms with Gasteiger partial charge in [0, 0.05) is 6.54 Å². The lowest BCUT2D eigenvalue weighted by molar-refractivity contribution is -0.137. The zero-order chi connectivity index (χ0) is 11.8. The molecule has 6 heteroatoms. The van der Waals surface area contributed by atoms with Gasteiger partial charge in [0.25, 0.3) is 0 Å². The first-order chi connectivity index (χ1) is 7.01. The highest BCUT2D eigenvalue weighted by atomic mass is 16.6. The molecule has 0 aromatic rings. The minimum atomic E-state index is -0.823. The van der Waals surface area contributed by atoms with E-state index in [0.29, 0.717) is 0 Å². The Morgan fingerprint density at radius 1 is 1.27 bits per heavy atom. The predicted octanol–water partition coefficient (Wildman–Crippen LogP) is 0.490. The maximum absolute atomic E-state index is 11.3. The number of carbonyl (C=O) groups excluding carboxylic acids is 3. The second-order valence-corrected chi connectivity index (χ2v) is 2.79. The van der Waals surface area contributed by atoms with Crippen LogP contribution in [-0.2, 0) is 14.3 Å². The third kappa shape index (κ3) is 5.66. The van der Waals surface area contributed by atoms with Gasteiger partial charge >= 0.3 is 6.09 Å². The summed E-state index contributed by atoms with van der Waals surface area (Å²) in [6.07, 6.45) is -1.08. The molecule has 0 aliphatic carbocycles. The molecule has 0 fully saturated rings. The average molecular weight is 215 g/mol. The molecular formula is C9H15N2O4. The van der Waals surface area contributed by atoms with E-state index in [9.17, 15) is 14.4 Å². The van der Waals surface area contributed by atoms with Crippen LogP contribution in [0.5, 0.6) is 0 Å². The van der Waals surface area contributed by atoms with E-state index < -0.39 is 12.0 Å². The highest BCUT2D eigenvalue weighted by Crippen LogP contribution is 1.94. The quantitative estimate of drug-likeness (QED) is 0.505. The molecule has 0 saturated carbocycles. The molecule has 0 saturated heterocycles. The lowest BCUT2D eigenvalue weighted by Crippen LogP contribution is -2.41. The molecule has 0 bridgehead atoms. The molecule has 0 aromatic heterocycles. The van der Waals surface area contributed by atoms with Crippen molar-refractivity contribution in [2.75, 3.05) is 13.2 Å². The van der Waals surface area contributed by atoms with Crippen molar-refractivity contribution in [3.63, 3.8) is 0 Å². The molecule has 0 spiro atoms. The molecule has 0 N–H and O–H groups in total. The zero-order valence-corrected chi connectivity index (χ0v) is 9.15. The molecular weight excluding hydrogens is 200 g/mol. The average Bonchev–Trinajstić information content (AvgIpc) is 2.13. The lowest BCUT2D eigenvalue weighted by Gasteiger charge is -2.16. The summed E-state index contributed by atoms with van der Waals surface area (Å²) < 4.78 is 4.54. The zero-order valence-electron chi connectivity index (χ0n) is 9.15. The number of nitrogens with zero attached hydrogens (tertiary/aromatic N) is 2. The molecule has 85 valence electrons. The summed E-state index contributed by atoms with van der Waals surface area (Å²) >= 11 is 0. The van der Waals surface area contributed by atoms with Crippen molar-refractivity contribution < 1.29 is 19.1 Å². The van der Waals surface area contributed by atoms with Crippen LogP contribution in [0.25, 0.3) is 0 Å². The fourth-order valence-electron chi connectivity index (χ4n) is 0.858. The van der Waals surface area contributed by atoms with Crippen LogP contribution in [0.4, 0.5) is 4.79 Å². The highest BCUT2D eigenvalue weighted by Gasteiger charge is 2.18. The van der Waals surface area contributed by atoms with Crippen LogP contribution in [0, 0.1) is 0 Å². The second kappa shape index (κ2) is 6.80. The topological polar surface area (TPSA) is 77.8 Å². The minimum absolute atomic E-state index is 0.195. The largest absolute Gasteiger partial charge is 0.450 e. The van der Waals surface area contributed by atoms with E-state index in [1.165, 1.54) is 6.92 Å². The van der Waals surface area contributed by atoms with Crippen LogP contribution < -0.4 is 5.43 Å². The molecule has 2 amide bonds. The fraction of sp³-hybridized carbons (Fsp3) is 0.667. The van der Waals surface area contributed by atoms with Gasteiger partial charge in [0.15, 0.2) is 0 Å².